The molecule has 8 heteroatoms. The lowest BCUT2D eigenvalue weighted by molar-refractivity contribution is -0.118. The van der Waals surface area contributed by atoms with Gasteiger partial charge in [-0.25, -0.2) is 9.97 Å². The monoisotopic (exact) mass is 433 g/mol. The first-order valence-electron chi connectivity index (χ1n) is 9.68. The van der Waals surface area contributed by atoms with E-state index in [9.17, 15) is 4.79 Å². The maximum atomic E-state index is 12.6. The second-order valence-corrected chi connectivity index (χ2v) is 8.33. The highest BCUT2D eigenvalue weighted by atomic mass is 32.1. The van der Waals surface area contributed by atoms with Gasteiger partial charge in [-0.2, -0.15) is 0 Å². The van der Waals surface area contributed by atoms with Crippen molar-refractivity contribution in [3.05, 3.63) is 53.2 Å². The van der Waals surface area contributed by atoms with E-state index in [4.69, 9.17) is 13.9 Å². The molecule has 1 N–H and O–H groups in total. The van der Waals surface area contributed by atoms with Crippen molar-refractivity contribution in [3.63, 3.8) is 0 Å². The van der Waals surface area contributed by atoms with Crippen molar-refractivity contribution in [2.45, 2.75) is 13.8 Å². The summed E-state index contributed by atoms with van der Waals surface area (Å²) in [4.78, 5) is 23.1. The summed E-state index contributed by atoms with van der Waals surface area (Å²) in [5.74, 6) is 0.618. The topological polar surface area (TPSA) is 86.5 Å². The Morgan fingerprint density at radius 2 is 1.97 bits per heavy atom. The second kappa shape index (κ2) is 7.55. The number of carbonyl (C=O) groups is 1. The molecule has 0 saturated carbocycles. The summed E-state index contributed by atoms with van der Waals surface area (Å²) < 4.78 is 17.1. The molecule has 3 heterocycles. The maximum Gasteiger partial charge on any atom is 0.262 e. The lowest BCUT2D eigenvalue weighted by Gasteiger charge is -2.11. The zero-order valence-corrected chi connectivity index (χ0v) is 18.0. The smallest absolute Gasteiger partial charge is 0.262 e. The van der Waals surface area contributed by atoms with Crippen LogP contribution < -0.4 is 14.8 Å². The number of aryl methyl sites for hydroxylation is 2. The lowest BCUT2D eigenvalue weighted by Crippen LogP contribution is -2.21. The quantitative estimate of drug-likeness (QED) is 0.408. The normalized spacial score (nSPS) is 11.3. The van der Waals surface area contributed by atoms with Gasteiger partial charge in [0.15, 0.2) is 6.61 Å². The molecule has 0 atom stereocenters. The minimum atomic E-state index is -0.329. The van der Waals surface area contributed by atoms with Crippen molar-refractivity contribution in [3.8, 4) is 11.6 Å². The number of hydrogen-bond donors (Lipinski definition) is 1. The third-order valence-electron chi connectivity index (χ3n) is 5.24. The number of rotatable bonds is 5. The van der Waals surface area contributed by atoms with Crippen LogP contribution in [0.5, 0.6) is 11.6 Å². The molecule has 0 bridgehead atoms. The largest absolute Gasteiger partial charge is 0.495 e. The van der Waals surface area contributed by atoms with Crippen molar-refractivity contribution in [1.29, 1.82) is 0 Å². The van der Waals surface area contributed by atoms with Crippen LogP contribution in [-0.4, -0.2) is 29.6 Å². The molecule has 0 aliphatic carbocycles. The molecule has 0 radical (unpaired) electrons. The van der Waals surface area contributed by atoms with Gasteiger partial charge in [0, 0.05) is 21.7 Å². The van der Waals surface area contributed by atoms with E-state index in [0.717, 1.165) is 37.0 Å². The van der Waals surface area contributed by atoms with Crippen molar-refractivity contribution in [2.24, 2.45) is 0 Å². The van der Waals surface area contributed by atoms with Gasteiger partial charge in [0.1, 0.15) is 28.1 Å². The number of para-hydroxylation sites is 1. The van der Waals surface area contributed by atoms with Gasteiger partial charge in [-0.15, -0.1) is 11.3 Å². The van der Waals surface area contributed by atoms with Gasteiger partial charge in [-0.1, -0.05) is 18.2 Å². The predicted molar refractivity (Wildman–Crippen MR) is 121 cm³/mol. The Hall–Kier alpha value is -3.65. The molecule has 0 unspecified atom stereocenters. The number of nitrogens with zero attached hydrogens (tertiary/aromatic N) is 2. The Morgan fingerprint density at radius 3 is 2.81 bits per heavy atom. The van der Waals surface area contributed by atoms with Gasteiger partial charge in [-0.05, 0) is 31.5 Å². The highest BCUT2D eigenvalue weighted by Crippen LogP contribution is 2.36. The number of ether oxygens (including phenoxy) is 2. The fraction of sp³-hybridized carbons (Fsp3) is 0.174. The van der Waals surface area contributed by atoms with Gasteiger partial charge >= 0.3 is 0 Å². The molecule has 0 aliphatic rings. The van der Waals surface area contributed by atoms with Crippen LogP contribution in [0.2, 0.25) is 0 Å². The Bertz CT molecular complexity index is 1450. The standard InChI is InChI=1S/C23H19N3O4S/c1-12-13(2)31-23-21(12)22(24-11-25-23)29-10-20(27)26-16-9-18-15(8-19(16)28-3)14-6-4-5-7-17(14)30-18/h4-9,11H,10H2,1-3H3,(H,26,27). The summed E-state index contributed by atoms with van der Waals surface area (Å²) in [7, 11) is 1.56. The highest BCUT2D eigenvalue weighted by molar-refractivity contribution is 7.18. The average molecular weight is 433 g/mol. The number of anilines is 1. The van der Waals surface area contributed by atoms with Crippen LogP contribution in [0.3, 0.4) is 0 Å². The number of aromatic nitrogens is 2. The summed E-state index contributed by atoms with van der Waals surface area (Å²) in [5.41, 5.74) is 3.02. The van der Waals surface area contributed by atoms with Crippen LogP contribution in [0.4, 0.5) is 5.69 Å². The third kappa shape index (κ3) is 3.34. The Labute approximate surface area is 181 Å². The number of furan rings is 1. The third-order valence-corrected chi connectivity index (χ3v) is 6.36. The highest BCUT2D eigenvalue weighted by Gasteiger charge is 2.17. The van der Waals surface area contributed by atoms with Gasteiger partial charge in [0.05, 0.1) is 18.2 Å². The Morgan fingerprint density at radius 1 is 1.13 bits per heavy atom. The van der Waals surface area contributed by atoms with E-state index in [1.54, 1.807) is 24.5 Å². The predicted octanol–water partition coefficient (Wildman–Crippen LogP) is 5.23. The first-order chi connectivity index (χ1) is 15.0. The molecule has 0 saturated heterocycles. The molecule has 1 amide bonds. The number of thiophene rings is 1. The molecular formula is C23H19N3O4S. The number of fused-ring (bicyclic) bond motifs is 4. The summed E-state index contributed by atoms with van der Waals surface area (Å²) >= 11 is 1.58. The van der Waals surface area contributed by atoms with E-state index in [1.165, 1.54) is 6.33 Å². The van der Waals surface area contributed by atoms with Crippen LogP contribution >= 0.6 is 11.3 Å². The number of hydrogen-bond acceptors (Lipinski definition) is 7. The molecule has 0 aliphatic heterocycles. The van der Waals surface area contributed by atoms with Gasteiger partial charge in [0.2, 0.25) is 5.88 Å². The summed E-state index contributed by atoms with van der Waals surface area (Å²) in [6.45, 7) is 3.83. The Balaban J connectivity index is 1.40. The van der Waals surface area contributed by atoms with E-state index in [1.807, 2.05) is 44.2 Å². The number of benzene rings is 2. The molecule has 31 heavy (non-hydrogen) atoms. The van der Waals surface area contributed by atoms with Gasteiger partial charge in [0.25, 0.3) is 5.91 Å². The molecule has 7 nitrogen and oxygen atoms in total. The number of methoxy groups -OCH3 is 1. The molecule has 5 aromatic rings. The van der Waals surface area contributed by atoms with E-state index < -0.39 is 0 Å². The number of nitrogens with one attached hydrogen (secondary N) is 1. The molecule has 2 aromatic carbocycles. The minimum Gasteiger partial charge on any atom is -0.495 e. The molecule has 0 fully saturated rings. The van der Waals surface area contributed by atoms with Crippen LogP contribution in [0.1, 0.15) is 10.4 Å². The second-order valence-electron chi connectivity index (χ2n) is 7.13. The van der Waals surface area contributed by atoms with Crippen LogP contribution in [0, 0.1) is 13.8 Å². The van der Waals surface area contributed by atoms with Crippen LogP contribution in [-0.2, 0) is 4.79 Å². The molecule has 5 rings (SSSR count). The van der Waals surface area contributed by atoms with Crippen molar-refractivity contribution >= 4 is 55.1 Å². The number of amides is 1. The Kier molecular flexibility index (Phi) is 4.71. The lowest BCUT2D eigenvalue weighted by atomic mass is 10.1. The van der Waals surface area contributed by atoms with E-state index in [0.29, 0.717) is 22.9 Å². The van der Waals surface area contributed by atoms with Gasteiger partial charge < -0.3 is 19.2 Å². The van der Waals surface area contributed by atoms with Crippen molar-refractivity contribution in [2.75, 3.05) is 19.0 Å². The van der Waals surface area contributed by atoms with Crippen LogP contribution in [0.15, 0.2) is 47.1 Å². The van der Waals surface area contributed by atoms with E-state index >= 15 is 0 Å². The molecule has 3 aromatic heterocycles. The molecule has 0 spiro atoms. The van der Waals surface area contributed by atoms with E-state index in [-0.39, 0.29) is 12.5 Å². The summed E-state index contributed by atoms with van der Waals surface area (Å²) in [6.07, 6.45) is 1.45. The van der Waals surface area contributed by atoms with Crippen molar-refractivity contribution < 1.29 is 18.7 Å². The zero-order valence-electron chi connectivity index (χ0n) is 17.2. The SMILES string of the molecule is COc1cc2c(cc1NC(=O)COc1ncnc3sc(C)c(C)c13)oc1ccccc12. The minimum absolute atomic E-state index is 0.193. The summed E-state index contributed by atoms with van der Waals surface area (Å²) in [6, 6.07) is 11.4. The zero-order chi connectivity index (χ0) is 21.5. The fourth-order valence-electron chi connectivity index (χ4n) is 3.60. The van der Waals surface area contributed by atoms with Crippen LogP contribution in [0.25, 0.3) is 32.2 Å². The first-order valence-corrected chi connectivity index (χ1v) is 10.5. The van der Waals surface area contributed by atoms with Gasteiger partial charge in [-0.3, -0.25) is 4.79 Å². The molecule has 156 valence electrons. The first kappa shape index (κ1) is 19.3. The average Bonchev–Trinajstić information content (AvgIpc) is 3.28. The number of carbonyl (C=O) groups excluding carboxylic acids is 1. The summed E-state index contributed by atoms with van der Waals surface area (Å²) in [5, 5.41) is 5.61. The van der Waals surface area contributed by atoms with E-state index in [2.05, 4.69) is 15.3 Å². The molecular weight excluding hydrogens is 414 g/mol. The fourth-order valence-corrected chi connectivity index (χ4v) is 4.59. The van der Waals surface area contributed by atoms with Crippen molar-refractivity contribution in [1.82, 2.24) is 9.97 Å². The maximum absolute atomic E-state index is 12.6.